The molecule has 1 rings (SSSR count). The summed E-state index contributed by atoms with van der Waals surface area (Å²) in [6, 6.07) is 0. The smallest absolute Gasteiger partial charge is 0.308 e. The summed E-state index contributed by atoms with van der Waals surface area (Å²) in [5, 5.41) is 0. The predicted molar refractivity (Wildman–Crippen MR) is 52.4 cm³/mol. The van der Waals surface area contributed by atoms with Crippen molar-refractivity contribution in [1.29, 1.82) is 0 Å². The van der Waals surface area contributed by atoms with Gasteiger partial charge in [0.1, 0.15) is 0 Å². The minimum absolute atomic E-state index is 0.0126. The summed E-state index contributed by atoms with van der Waals surface area (Å²) in [6.45, 7) is 2.20. The van der Waals surface area contributed by atoms with Crippen LogP contribution in [0, 0.1) is 11.8 Å². The molecule has 0 amide bonds. The van der Waals surface area contributed by atoms with Crippen molar-refractivity contribution in [3.8, 4) is 0 Å². The molecular formula is C11H20O2. The third kappa shape index (κ3) is 2.71. The molecule has 0 unspecified atom stereocenters. The lowest BCUT2D eigenvalue weighted by molar-refractivity contribution is -0.146. The number of esters is 1. The Morgan fingerprint density at radius 2 is 2.23 bits per heavy atom. The summed E-state index contributed by atoms with van der Waals surface area (Å²) < 4.78 is 4.81. The molecule has 76 valence electrons. The Morgan fingerprint density at radius 3 is 2.85 bits per heavy atom. The minimum atomic E-state index is 0.0126. The van der Waals surface area contributed by atoms with E-state index in [4.69, 9.17) is 4.74 Å². The second-order valence-corrected chi connectivity index (χ2v) is 3.96. The van der Waals surface area contributed by atoms with E-state index in [1.54, 1.807) is 0 Å². The van der Waals surface area contributed by atoms with Gasteiger partial charge in [-0.2, -0.15) is 0 Å². The fraction of sp³-hybridized carbons (Fsp3) is 0.909. The third-order valence-corrected chi connectivity index (χ3v) is 3.09. The Labute approximate surface area is 80.7 Å². The third-order valence-electron chi connectivity index (χ3n) is 3.09. The molecular weight excluding hydrogens is 164 g/mol. The van der Waals surface area contributed by atoms with Gasteiger partial charge in [0.05, 0.1) is 13.0 Å². The van der Waals surface area contributed by atoms with Crippen molar-refractivity contribution in [2.75, 3.05) is 7.11 Å². The largest absolute Gasteiger partial charge is 0.469 e. The quantitative estimate of drug-likeness (QED) is 0.628. The van der Waals surface area contributed by atoms with Crippen molar-refractivity contribution in [2.45, 2.75) is 45.4 Å². The van der Waals surface area contributed by atoms with E-state index in [9.17, 15) is 4.79 Å². The summed E-state index contributed by atoms with van der Waals surface area (Å²) >= 11 is 0. The molecule has 0 N–H and O–H groups in total. The Kier molecular flexibility index (Phi) is 4.26. The predicted octanol–water partition coefficient (Wildman–Crippen LogP) is 2.77. The van der Waals surface area contributed by atoms with Gasteiger partial charge in [-0.25, -0.2) is 0 Å². The van der Waals surface area contributed by atoms with Crippen LogP contribution in [-0.2, 0) is 9.53 Å². The van der Waals surface area contributed by atoms with E-state index in [1.807, 2.05) is 0 Å². The molecule has 0 aromatic heterocycles. The minimum Gasteiger partial charge on any atom is -0.469 e. The van der Waals surface area contributed by atoms with Crippen LogP contribution in [0.15, 0.2) is 0 Å². The molecule has 1 fully saturated rings. The normalized spacial score (nSPS) is 27.5. The summed E-state index contributed by atoms with van der Waals surface area (Å²) in [6.07, 6.45) is 7.15. The van der Waals surface area contributed by atoms with Crippen molar-refractivity contribution in [3.63, 3.8) is 0 Å². The highest BCUT2D eigenvalue weighted by Crippen LogP contribution is 2.35. The van der Waals surface area contributed by atoms with Crippen molar-refractivity contribution < 1.29 is 9.53 Å². The number of rotatable bonds is 4. The summed E-state index contributed by atoms with van der Waals surface area (Å²) in [5.74, 6) is 0.822. The van der Waals surface area contributed by atoms with Crippen molar-refractivity contribution in [1.82, 2.24) is 0 Å². The van der Waals surface area contributed by atoms with E-state index < -0.39 is 0 Å². The zero-order valence-corrected chi connectivity index (χ0v) is 8.71. The molecule has 0 saturated heterocycles. The number of hydrogen-bond acceptors (Lipinski definition) is 2. The molecule has 1 aliphatic carbocycles. The van der Waals surface area contributed by atoms with Crippen LogP contribution in [0.1, 0.15) is 45.4 Å². The Balaban J connectivity index is 2.39. The van der Waals surface area contributed by atoms with Gasteiger partial charge in [0, 0.05) is 0 Å². The highest BCUT2D eigenvalue weighted by Gasteiger charge is 2.32. The molecule has 1 aliphatic rings. The summed E-state index contributed by atoms with van der Waals surface area (Å²) in [7, 11) is 1.50. The Morgan fingerprint density at radius 1 is 1.46 bits per heavy atom. The maximum Gasteiger partial charge on any atom is 0.308 e. The number of methoxy groups -OCH3 is 1. The average molecular weight is 184 g/mol. The van der Waals surface area contributed by atoms with E-state index in [1.165, 1.54) is 39.2 Å². The number of unbranched alkanes of at least 4 members (excludes halogenated alkanes) is 1. The second kappa shape index (κ2) is 5.25. The van der Waals surface area contributed by atoms with Gasteiger partial charge in [0.25, 0.3) is 0 Å². The van der Waals surface area contributed by atoms with E-state index in [2.05, 4.69) is 6.92 Å². The van der Waals surface area contributed by atoms with Crippen LogP contribution in [0.3, 0.4) is 0 Å². The first kappa shape index (κ1) is 10.6. The van der Waals surface area contributed by atoms with Gasteiger partial charge < -0.3 is 4.74 Å². The van der Waals surface area contributed by atoms with Crippen LogP contribution in [-0.4, -0.2) is 13.1 Å². The van der Waals surface area contributed by atoms with Crippen LogP contribution in [0.4, 0.5) is 0 Å². The highest BCUT2D eigenvalue weighted by molar-refractivity contribution is 5.72. The van der Waals surface area contributed by atoms with Gasteiger partial charge in [-0.15, -0.1) is 0 Å². The summed E-state index contributed by atoms with van der Waals surface area (Å²) in [4.78, 5) is 11.4. The SMILES string of the molecule is CCCC[C@@H]1CCC[C@@H]1C(=O)OC. The van der Waals surface area contributed by atoms with Gasteiger partial charge in [-0.1, -0.05) is 26.2 Å². The lowest BCUT2D eigenvalue weighted by Crippen LogP contribution is -2.20. The zero-order valence-electron chi connectivity index (χ0n) is 8.71. The second-order valence-electron chi connectivity index (χ2n) is 3.96. The first-order valence-electron chi connectivity index (χ1n) is 5.37. The van der Waals surface area contributed by atoms with Crippen LogP contribution >= 0.6 is 0 Å². The molecule has 0 bridgehead atoms. The first-order chi connectivity index (χ1) is 6.29. The number of hydrogen-bond donors (Lipinski definition) is 0. The number of ether oxygens (including phenoxy) is 1. The molecule has 0 aliphatic heterocycles. The van der Waals surface area contributed by atoms with E-state index in [0.29, 0.717) is 5.92 Å². The Hall–Kier alpha value is -0.530. The number of carbonyl (C=O) groups excluding carboxylic acids is 1. The lowest BCUT2D eigenvalue weighted by Gasteiger charge is -2.16. The number of carbonyl (C=O) groups is 1. The molecule has 13 heavy (non-hydrogen) atoms. The fourth-order valence-electron chi connectivity index (χ4n) is 2.31. The van der Waals surface area contributed by atoms with Gasteiger partial charge >= 0.3 is 5.97 Å². The van der Waals surface area contributed by atoms with Gasteiger partial charge in [0.15, 0.2) is 0 Å². The topological polar surface area (TPSA) is 26.3 Å². The molecule has 0 heterocycles. The van der Waals surface area contributed by atoms with Crippen molar-refractivity contribution in [3.05, 3.63) is 0 Å². The molecule has 2 nitrogen and oxygen atoms in total. The molecule has 0 aromatic rings. The highest BCUT2D eigenvalue weighted by atomic mass is 16.5. The van der Waals surface area contributed by atoms with E-state index >= 15 is 0 Å². The van der Waals surface area contributed by atoms with Crippen LogP contribution < -0.4 is 0 Å². The van der Waals surface area contributed by atoms with Gasteiger partial charge in [-0.05, 0) is 25.2 Å². The molecule has 2 heteroatoms. The van der Waals surface area contributed by atoms with E-state index in [0.717, 1.165) is 6.42 Å². The average Bonchev–Trinajstić information content (AvgIpc) is 2.61. The lowest BCUT2D eigenvalue weighted by atomic mass is 9.91. The van der Waals surface area contributed by atoms with Gasteiger partial charge in [0.2, 0.25) is 0 Å². The Bertz CT molecular complexity index is 165. The van der Waals surface area contributed by atoms with Crippen LogP contribution in [0.2, 0.25) is 0 Å². The van der Waals surface area contributed by atoms with Crippen molar-refractivity contribution >= 4 is 5.97 Å². The molecule has 1 saturated carbocycles. The monoisotopic (exact) mass is 184 g/mol. The van der Waals surface area contributed by atoms with Crippen LogP contribution in [0.25, 0.3) is 0 Å². The van der Waals surface area contributed by atoms with E-state index in [-0.39, 0.29) is 11.9 Å². The maximum absolute atomic E-state index is 11.4. The van der Waals surface area contributed by atoms with Crippen LogP contribution in [0.5, 0.6) is 0 Å². The standard InChI is InChI=1S/C11H20O2/c1-3-4-6-9-7-5-8-10(9)11(12)13-2/h9-10H,3-8H2,1-2H3/t9-,10+/m1/s1. The maximum atomic E-state index is 11.4. The fourth-order valence-corrected chi connectivity index (χ4v) is 2.31. The van der Waals surface area contributed by atoms with Gasteiger partial charge in [-0.3, -0.25) is 4.79 Å². The molecule has 0 spiro atoms. The molecule has 0 aromatic carbocycles. The first-order valence-corrected chi connectivity index (χ1v) is 5.37. The summed E-state index contributed by atoms with van der Waals surface area (Å²) in [5.41, 5.74) is 0. The molecule has 2 atom stereocenters. The molecule has 0 radical (unpaired) electrons. The van der Waals surface area contributed by atoms with Crippen molar-refractivity contribution in [2.24, 2.45) is 11.8 Å². The zero-order chi connectivity index (χ0) is 9.68.